The van der Waals surface area contributed by atoms with E-state index in [9.17, 15) is 0 Å². The van der Waals surface area contributed by atoms with Crippen LogP contribution in [0.4, 0.5) is 0 Å². The molecule has 0 saturated heterocycles. The molecule has 0 aromatic carbocycles. The van der Waals surface area contributed by atoms with Gasteiger partial charge in [0.2, 0.25) is 0 Å². The van der Waals surface area contributed by atoms with E-state index in [-0.39, 0.29) is 0 Å². The third kappa shape index (κ3) is 3.09. The van der Waals surface area contributed by atoms with Gasteiger partial charge >= 0.3 is 0 Å². The Kier molecular flexibility index (Phi) is 4.66. The molecule has 0 nitrogen and oxygen atoms in total. The van der Waals surface area contributed by atoms with Crippen LogP contribution < -0.4 is 0 Å². The van der Waals surface area contributed by atoms with Crippen LogP contribution in [0.25, 0.3) is 0 Å². The standard InChI is InChI=1S/C19H32/c1-15-9-8-14-18(16-10-4-2-5-11-16)19(15)17-12-6-3-7-13-17/h16-18H,2-14H2,1H3. The molecule has 3 rings (SSSR count). The molecule has 0 heteroatoms. The number of hydrogen-bond acceptors (Lipinski definition) is 0. The summed E-state index contributed by atoms with van der Waals surface area (Å²) in [5, 5.41) is 0. The highest BCUT2D eigenvalue weighted by Gasteiger charge is 2.33. The summed E-state index contributed by atoms with van der Waals surface area (Å²) in [5.74, 6) is 3.04. The van der Waals surface area contributed by atoms with Gasteiger partial charge in [0.1, 0.15) is 0 Å². The van der Waals surface area contributed by atoms with Crippen LogP contribution in [-0.4, -0.2) is 0 Å². The van der Waals surface area contributed by atoms with Crippen LogP contribution in [-0.2, 0) is 0 Å². The molecule has 0 amide bonds. The van der Waals surface area contributed by atoms with Crippen LogP contribution in [0.3, 0.4) is 0 Å². The molecule has 0 aromatic rings. The maximum absolute atomic E-state index is 2.47. The minimum absolute atomic E-state index is 0.987. The molecule has 108 valence electrons. The first-order valence-electron chi connectivity index (χ1n) is 9.06. The number of hydrogen-bond donors (Lipinski definition) is 0. The lowest BCUT2D eigenvalue weighted by Crippen LogP contribution is -2.28. The van der Waals surface area contributed by atoms with Crippen LogP contribution >= 0.6 is 0 Å². The van der Waals surface area contributed by atoms with Gasteiger partial charge in [-0.05, 0) is 69.6 Å². The summed E-state index contributed by atoms with van der Waals surface area (Å²) in [7, 11) is 0. The van der Waals surface area contributed by atoms with E-state index in [4.69, 9.17) is 0 Å². The van der Waals surface area contributed by atoms with E-state index in [1.54, 1.807) is 0 Å². The molecule has 0 aromatic heterocycles. The molecular formula is C19H32. The average Bonchev–Trinajstić information content (AvgIpc) is 2.49. The van der Waals surface area contributed by atoms with Gasteiger partial charge < -0.3 is 0 Å². The predicted molar refractivity (Wildman–Crippen MR) is 83.2 cm³/mol. The maximum atomic E-state index is 2.47. The summed E-state index contributed by atoms with van der Waals surface area (Å²) in [6.07, 6.45) is 19.5. The van der Waals surface area contributed by atoms with E-state index in [0.29, 0.717) is 0 Å². The van der Waals surface area contributed by atoms with E-state index in [2.05, 4.69) is 6.92 Å². The second-order valence-electron chi connectivity index (χ2n) is 7.47. The summed E-state index contributed by atoms with van der Waals surface area (Å²) in [6, 6.07) is 0. The molecular weight excluding hydrogens is 228 g/mol. The van der Waals surface area contributed by atoms with Crippen molar-refractivity contribution in [2.24, 2.45) is 17.8 Å². The van der Waals surface area contributed by atoms with E-state index in [1.807, 2.05) is 11.1 Å². The van der Waals surface area contributed by atoms with Crippen molar-refractivity contribution in [3.8, 4) is 0 Å². The zero-order valence-corrected chi connectivity index (χ0v) is 12.9. The summed E-state index contributed by atoms with van der Waals surface area (Å²) >= 11 is 0. The monoisotopic (exact) mass is 260 g/mol. The smallest absolute Gasteiger partial charge is 0.0169 e. The fraction of sp³-hybridized carbons (Fsp3) is 0.895. The van der Waals surface area contributed by atoms with Gasteiger partial charge in [-0.3, -0.25) is 0 Å². The van der Waals surface area contributed by atoms with Gasteiger partial charge in [0.05, 0.1) is 0 Å². The Balaban J connectivity index is 1.78. The topological polar surface area (TPSA) is 0 Å². The Morgan fingerprint density at radius 3 is 2.00 bits per heavy atom. The highest BCUT2D eigenvalue weighted by Crippen LogP contribution is 2.47. The fourth-order valence-corrected chi connectivity index (χ4v) is 5.29. The minimum Gasteiger partial charge on any atom is -0.0735 e. The van der Waals surface area contributed by atoms with Gasteiger partial charge in [-0.15, -0.1) is 0 Å². The van der Waals surface area contributed by atoms with Crippen LogP contribution in [0, 0.1) is 17.8 Å². The molecule has 3 aliphatic rings. The molecule has 1 unspecified atom stereocenters. The molecule has 0 aliphatic heterocycles. The molecule has 1 atom stereocenters. The Hall–Kier alpha value is -0.260. The van der Waals surface area contributed by atoms with E-state index < -0.39 is 0 Å². The highest BCUT2D eigenvalue weighted by atomic mass is 14.4. The highest BCUT2D eigenvalue weighted by molar-refractivity contribution is 5.22. The normalized spacial score (nSPS) is 31.7. The minimum atomic E-state index is 0.987. The van der Waals surface area contributed by atoms with E-state index >= 15 is 0 Å². The largest absolute Gasteiger partial charge is 0.0735 e. The molecule has 0 spiro atoms. The maximum Gasteiger partial charge on any atom is -0.0169 e. The molecule has 2 saturated carbocycles. The van der Waals surface area contributed by atoms with E-state index in [0.717, 1.165) is 17.8 Å². The molecule has 0 radical (unpaired) electrons. The lowest BCUT2D eigenvalue weighted by atomic mass is 9.65. The van der Waals surface area contributed by atoms with E-state index in [1.165, 1.54) is 83.5 Å². The van der Waals surface area contributed by atoms with Crippen molar-refractivity contribution in [2.45, 2.75) is 90.4 Å². The first-order chi connectivity index (χ1) is 9.36. The fourth-order valence-electron chi connectivity index (χ4n) is 5.29. The van der Waals surface area contributed by atoms with Crippen molar-refractivity contribution in [3.63, 3.8) is 0 Å². The second kappa shape index (κ2) is 6.46. The molecule has 0 bridgehead atoms. The zero-order valence-electron chi connectivity index (χ0n) is 12.9. The summed E-state index contributed by atoms with van der Waals surface area (Å²) in [6.45, 7) is 2.47. The van der Waals surface area contributed by atoms with Crippen LogP contribution in [0.2, 0.25) is 0 Å². The summed E-state index contributed by atoms with van der Waals surface area (Å²) < 4.78 is 0. The summed E-state index contributed by atoms with van der Waals surface area (Å²) in [4.78, 5) is 0. The zero-order chi connectivity index (χ0) is 13.1. The van der Waals surface area contributed by atoms with Gasteiger partial charge in [-0.1, -0.05) is 49.7 Å². The summed E-state index contributed by atoms with van der Waals surface area (Å²) in [5.41, 5.74) is 3.80. The lowest BCUT2D eigenvalue weighted by Gasteiger charge is -2.40. The van der Waals surface area contributed by atoms with Crippen molar-refractivity contribution >= 4 is 0 Å². The van der Waals surface area contributed by atoms with Crippen LogP contribution in [0.5, 0.6) is 0 Å². The number of rotatable bonds is 2. The van der Waals surface area contributed by atoms with Gasteiger partial charge in [0, 0.05) is 0 Å². The van der Waals surface area contributed by atoms with Crippen molar-refractivity contribution in [3.05, 3.63) is 11.1 Å². The number of allylic oxidation sites excluding steroid dienone is 2. The van der Waals surface area contributed by atoms with Gasteiger partial charge in [-0.25, -0.2) is 0 Å². The Morgan fingerprint density at radius 2 is 1.32 bits per heavy atom. The SMILES string of the molecule is CC1=C(C2CCCCC2)C(C2CCCCC2)CCC1. The van der Waals surface area contributed by atoms with Crippen molar-refractivity contribution < 1.29 is 0 Å². The molecule has 3 aliphatic carbocycles. The van der Waals surface area contributed by atoms with Crippen molar-refractivity contribution in [2.75, 3.05) is 0 Å². The van der Waals surface area contributed by atoms with Gasteiger partial charge in [-0.2, -0.15) is 0 Å². The van der Waals surface area contributed by atoms with Gasteiger partial charge in [0.15, 0.2) is 0 Å². The van der Waals surface area contributed by atoms with Crippen molar-refractivity contribution in [1.29, 1.82) is 0 Å². The molecule has 0 N–H and O–H groups in total. The Labute approximate surface area is 120 Å². The quantitative estimate of drug-likeness (QED) is 0.514. The Bertz CT molecular complexity index is 313. The average molecular weight is 260 g/mol. The lowest BCUT2D eigenvalue weighted by molar-refractivity contribution is 0.226. The van der Waals surface area contributed by atoms with Crippen LogP contribution in [0.1, 0.15) is 90.4 Å². The Morgan fingerprint density at radius 1 is 0.684 bits per heavy atom. The predicted octanol–water partition coefficient (Wildman–Crippen LogP) is 6.26. The molecule has 0 heterocycles. The first kappa shape index (κ1) is 13.7. The van der Waals surface area contributed by atoms with Crippen LogP contribution in [0.15, 0.2) is 11.1 Å². The van der Waals surface area contributed by atoms with Crippen molar-refractivity contribution in [1.82, 2.24) is 0 Å². The molecule has 2 fully saturated rings. The third-order valence-corrected chi connectivity index (χ3v) is 6.22. The second-order valence-corrected chi connectivity index (χ2v) is 7.47. The first-order valence-corrected chi connectivity index (χ1v) is 9.06. The molecule has 19 heavy (non-hydrogen) atoms. The third-order valence-electron chi connectivity index (χ3n) is 6.22. The van der Waals surface area contributed by atoms with Gasteiger partial charge in [0.25, 0.3) is 0 Å².